The first kappa shape index (κ1) is 10.2. The van der Waals surface area contributed by atoms with E-state index in [4.69, 9.17) is 0 Å². The highest BCUT2D eigenvalue weighted by molar-refractivity contribution is 8.07. The quantitative estimate of drug-likeness (QED) is 0.767. The molecule has 0 aliphatic carbocycles. The molecule has 3 atom stereocenters. The van der Waals surface area contributed by atoms with E-state index in [1.807, 2.05) is 23.5 Å². The van der Waals surface area contributed by atoms with Crippen LogP contribution in [0.25, 0.3) is 0 Å². The molecule has 2 N–H and O–H groups in total. The third kappa shape index (κ3) is 2.00. The van der Waals surface area contributed by atoms with E-state index in [2.05, 4.69) is 29.0 Å². The van der Waals surface area contributed by atoms with Crippen LogP contribution in [0.5, 0.6) is 0 Å². The minimum atomic E-state index is -0.211. The molecule has 0 amide bonds. The lowest BCUT2D eigenvalue weighted by Crippen LogP contribution is -2.22. The van der Waals surface area contributed by atoms with Crippen molar-refractivity contribution in [3.8, 4) is 0 Å². The second-order valence-electron chi connectivity index (χ2n) is 3.43. The molecule has 1 aromatic heterocycles. The van der Waals surface area contributed by atoms with Gasteiger partial charge in [0.1, 0.15) is 5.82 Å². The smallest absolute Gasteiger partial charge is 0.292 e. The van der Waals surface area contributed by atoms with Gasteiger partial charge < -0.3 is 0 Å². The number of nitrogens with one attached hydrogen (secondary N) is 2. The van der Waals surface area contributed by atoms with Crippen molar-refractivity contribution in [3.05, 3.63) is 16.3 Å². The average molecular weight is 231 g/mol. The number of thioether (sulfide) groups is 2. The van der Waals surface area contributed by atoms with Gasteiger partial charge >= 0.3 is 5.69 Å². The normalized spacial score (nSPS) is 33.1. The van der Waals surface area contributed by atoms with E-state index in [-0.39, 0.29) is 5.69 Å². The number of hydrogen-bond acceptors (Lipinski definition) is 4. The van der Waals surface area contributed by atoms with Crippen molar-refractivity contribution in [2.24, 2.45) is 0 Å². The largest absolute Gasteiger partial charge is 0.340 e. The van der Waals surface area contributed by atoms with Crippen LogP contribution in [0.2, 0.25) is 0 Å². The van der Waals surface area contributed by atoms with Crippen LogP contribution in [0.1, 0.15) is 24.9 Å². The number of nitrogens with zero attached hydrogens (tertiary/aromatic N) is 1. The number of aromatic nitrogens is 3. The molecular formula is C8H13N3OS2. The number of rotatable bonds is 1. The molecular weight excluding hydrogens is 218 g/mol. The van der Waals surface area contributed by atoms with Gasteiger partial charge in [0.15, 0.2) is 0 Å². The zero-order valence-corrected chi connectivity index (χ0v) is 9.74. The van der Waals surface area contributed by atoms with Gasteiger partial charge in [0.25, 0.3) is 0 Å². The maximum absolute atomic E-state index is 10.9. The van der Waals surface area contributed by atoms with Gasteiger partial charge in [0, 0.05) is 16.3 Å². The molecule has 14 heavy (non-hydrogen) atoms. The van der Waals surface area contributed by atoms with E-state index >= 15 is 0 Å². The number of H-pyrrole nitrogens is 2. The Morgan fingerprint density at radius 2 is 2.21 bits per heavy atom. The second kappa shape index (κ2) is 4.02. The predicted molar refractivity (Wildman–Crippen MR) is 60.9 cm³/mol. The van der Waals surface area contributed by atoms with E-state index in [1.54, 1.807) is 0 Å². The summed E-state index contributed by atoms with van der Waals surface area (Å²) < 4.78 is 0. The maximum atomic E-state index is 10.9. The van der Waals surface area contributed by atoms with Gasteiger partial charge in [0.2, 0.25) is 0 Å². The van der Waals surface area contributed by atoms with Crippen LogP contribution >= 0.6 is 23.5 Å². The molecule has 1 saturated heterocycles. The van der Waals surface area contributed by atoms with E-state index in [0.717, 1.165) is 11.6 Å². The van der Waals surface area contributed by atoms with Crippen LogP contribution < -0.4 is 5.69 Å². The van der Waals surface area contributed by atoms with Crippen LogP contribution in [-0.4, -0.2) is 31.4 Å². The van der Waals surface area contributed by atoms with Crippen LogP contribution in [0.3, 0.4) is 0 Å². The minimum absolute atomic E-state index is 0.211. The Hall–Kier alpha value is -0.360. The fraction of sp³-hybridized carbons (Fsp3) is 0.750. The van der Waals surface area contributed by atoms with Crippen molar-refractivity contribution in [1.82, 2.24) is 15.2 Å². The molecule has 0 bridgehead atoms. The molecule has 2 rings (SSSR count). The van der Waals surface area contributed by atoms with Gasteiger partial charge in [-0.25, -0.2) is 9.89 Å². The predicted octanol–water partition coefficient (Wildman–Crippen LogP) is 1.40. The zero-order chi connectivity index (χ0) is 10.1. The third-order valence-electron chi connectivity index (χ3n) is 2.37. The van der Waals surface area contributed by atoms with E-state index in [1.165, 1.54) is 0 Å². The van der Waals surface area contributed by atoms with Crippen molar-refractivity contribution in [1.29, 1.82) is 0 Å². The lowest BCUT2D eigenvalue weighted by molar-refractivity contribution is 0.863. The number of aromatic amines is 2. The van der Waals surface area contributed by atoms with Crippen LogP contribution in [0.4, 0.5) is 0 Å². The van der Waals surface area contributed by atoms with Crippen LogP contribution in [0, 0.1) is 0 Å². The summed E-state index contributed by atoms with van der Waals surface area (Å²) in [4.78, 5) is 13.6. The van der Waals surface area contributed by atoms with Crippen molar-refractivity contribution >= 4 is 23.5 Å². The topological polar surface area (TPSA) is 61.5 Å². The van der Waals surface area contributed by atoms with Crippen LogP contribution in [0.15, 0.2) is 4.79 Å². The molecule has 3 unspecified atom stereocenters. The van der Waals surface area contributed by atoms with Crippen molar-refractivity contribution < 1.29 is 0 Å². The van der Waals surface area contributed by atoms with Crippen LogP contribution in [-0.2, 0) is 0 Å². The average Bonchev–Trinajstić information content (AvgIpc) is 2.57. The van der Waals surface area contributed by atoms with Crippen molar-refractivity contribution in [2.75, 3.05) is 5.75 Å². The van der Waals surface area contributed by atoms with Gasteiger partial charge in [-0.2, -0.15) is 16.9 Å². The molecule has 1 aliphatic heterocycles. The molecule has 2 heterocycles. The van der Waals surface area contributed by atoms with E-state index in [0.29, 0.717) is 15.7 Å². The Kier molecular flexibility index (Phi) is 2.92. The molecule has 0 radical (unpaired) electrons. The van der Waals surface area contributed by atoms with Gasteiger partial charge in [-0.05, 0) is 0 Å². The van der Waals surface area contributed by atoms with Gasteiger partial charge in [-0.3, -0.25) is 4.98 Å². The summed E-state index contributed by atoms with van der Waals surface area (Å²) in [6.45, 7) is 4.46. The molecule has 0 spiro atoms. The zero-order valence-electron chi connectivity index (χ0n) is 8.11. The fourth-order valence-electron chi connectivity index (χ4n) is 1.36. The maximum Gasteiger partial charge on any atom is 0.340 e. The number of hydrogen-bond donors (Lipinski definition) is 2. The SMILES string of the molecule is CC1SCC(c2n[nH]c(=O)[nH]2)SC1C. The first-order valence-electron chi connectivity index (χ1n) is 4.58. The van der Waals surface area contributed by atoms with E-state index < -0.39 is 0 Å². The molecule has 1 aliphatic rings. The standard InChI is InChI=1S/C8H13N3OS2/c1-4-5(2)14-6(3-13-4)7-9-8(12)11-10-7/h4-6H,3H2,1-2H3,(H2,9,10,11,12). The molecule has 6 heteroatoms. The molecule has 1 aromatic rings. The highest BCUT2D eigenvalue weighted by atomic mass is 32.2. The fourth-order valence-corrected chi connectivity index (χ4v) is 4.23. The molecule has 0 saturated carbocycles. The van der Waals surface area contributed by atoms with Crippen molar-refractivity contribution in [2.45, 2.75) is 29.6 Å². The van der Waals surface area contributed by atoms with Gasteiger partial charge in [-0.1, -0.05) is 13.8 Å². The molecule has 0 aromatic carbocycles. The molecule has 4 nitrogen and oxygen atoms in total. The summed E-state index contributed by atoms with van der Waals surface area (Å²) in [6, 6.07) is 0. The first-order valence-corrected chi connectivity index (χ1v) is 6.57. The first-order chi connectivity index (χ1) is 6.66. The van der Waals surface area contributed by atoms with Gasteiger partial charge in [0.05, 0.1) is 5.25 Å². The summed E-state index contributed by atoms with van der Waals surface area (Å²) in [5, 5.41) is 8.00. The summed E-state index contributed by atoms with van der Waals surface area (Å²) in [5.41, 5.74) is -0.211. The lowest BCUT2D eigenvalue weighted by Gasteiger charge is -2.29. The third-order valence-corrected chi connectivity index (χ3v) is 5.77. The minimum Gasteiger partial charge on any atom is -0.292 e. The Bertz CT molecular complexity index is 361. The Balaban J connectivity index is 2.10. The Morgan fingerprint density at radius 1 is 1.43 bits per heavy atom. The second-order valence-corrected chi connectivity index (χ2v) is 6.43. The van der Waals surface area contributed by atoms with Crippen molar-refractivity contribution in [3.63, 3.8) is 0 Å². The summed E-state index contributed by atoms with van der Waals surface area (Å²) in [5.74, 6) is 1.81. The highest BCUT2D eigenvalue weighted by Gasteiger charge is 2.28. The van der Waals surface area contributed by atoms with E-state index in [9.17, 15) is 4.79 Å². The lowest BCUT2D eigenvalue weighted by atomic mass is 10.4. The molecule has 78 valence electrons. The summed E-state index contributed by atoms with van der Waals surface area (Å²) >= 11 is 3.83. The highest BCUT2D eigenvalue weighted by Crippen LogP contribution is 2.42. The summed E-state index contributed by atoms with van der Waals surface area (Å²) in [6.07, 6.45) is 0. The van der Waals surface area contributed by atoms with Gasteiger partial charge in [-0.15, -0.1) is 11.8 Å². The Morgan fingerprint density at radius 3 is 2.79 bits per heavy atom. The molecule has 1 fully saturated rings. The summed E-state index contributed by atoms with van der Waals surface area (Å²) in [7, 11) is 0. The Labute approximate surface area is 90.6 Å². The monoisotopic (exact) mass is 231 g/mol.